The molecule has 0 bridgehead atoms. The predicted molar refractivity (Wildman–Crippen MR) is 75.9 cm³/mol. The summed E-state index contributed by atoms with van der Waals surface area (Å²) in [6.07, 6.45) is -3.71. The van der Waals surface area contributed by atoms with Crippen molar-refractivity contribution in [2.24, 2.45) is 5.73 Å². The van der Waals surface area contributed by atoms with Gasteiger partial charge < -0.3 is 10.6 Å². The van der Waals surface area contributed by atoms with Crippen molar-refractivity contribution in [3.05, 3.63) is 28.8 Å². The number of benzene rings is 1. The second-order valence-electron chi connectivity index (χ2n) is 4.06. The highest BCUT2D eigenvalue weighted by molar-refractivity contribution is 7.80. The van der Waals surface area contributed by atoms with Crippen LogP contribution in [0.5, 0.6) is 0 Å². The molecule has 0 aliphatic heterocycles. The van der Waals surface area contributed by atoms with Crippen molar-refractivity contribution in [3.8, 4) is 0 Å². The molecule has 0 aliphatic rings. The van der Waals surface area contributed by atoms with Crippen LogP contribution in [-0.2, 0) is 0 Å². The van der Waals surface area contributed by atoms with Crippen molar-refractivity contribution < 1.29 is 13.2 Å². The Morgan fingerprint density at radius 3 is 2.53 bits per heavy atom. The van der Waals surface area contributed by atoms with E-state index < -0.39 is 12.7 Å². The van der Waals surface area contributed by atoms with Gasteiger partial charge in [-0.25, -0.2) is 0 Å². The summed E-state index contributed by atoms with van der Waals surface area (Å²) in [6.45, 7) is 1.02. The standard InChI is InChI=1S/C12H14ClF3N2S/c1-2-5-18(7-12(14,15)16)10-4-3-8(13)6-9(10)11(17)19/h3-4,6H,2,5,7H2,1H3,(H2,17,19). The number of halogens is 4. The molecule has 1 rings (SSSR count). The summed E-state index contributed by atoms with van der Waals surface area (Å²) >= 11 is 10.7. The van der Waals surface area contributed by atoms with Crippen molar-refractivity contribution in [1.82, 2.24) is 0 Å². The zero-order valence-corrected chi connectivity index (χ0v) is 11.9. The second kappa shape index (κ2) is 6.43. The van der Waals surface area contributed by atoms with E-state index >= 15 is 0 Å². The van der Waals surface area contributed by atoms with Gasteiger partial charge in [-0.3, -0.25) is 0 Å². The highest BCUT2D eigenvalue weighted by Crippen LogP contribution is 2.28. The Morgan fingerprint density at radius 2 is 2.05 bits per heavy atom. The zero-order chi connectivity index (χ0) is 14.6. The fraction of sp³-hybridized carbons (Fsp3) is 0.417. The van der Waals surface area contributed by atoms with Crippen LogP contribution in [0, 0.1) is 0 Å². The molecular formula is C12H14ClF3N2S. The third-order valence-electron chi connectivity index (χ3n) is 2.43. The number of anilines is 1. The molecule has 0 atom stereocenters. The quantitative estimate of drug-likeness (QED) is 0.840. The monoisotopic (exact) mass is 310 g/mol. The number of thiocarbonyl (C=S) groups is 1. The molecule has 0 aromatic heterocycles. The average molecular weight is 311 g/mol. The molecule has 1 aromatic carbocycles. The lowest BCUT2D eigenvalue weighted by molar-refractivity contribution is -0.119. The first kappa shape index (κ1) is 16.0. The van der Waals surface area contributed by atoms with Gasteiger partial charge in [-0.1, -0.05) is 30.7 Å². The lowest BCUT2D eigenvalue weighted by Gasteiger charge is -2.27. The Balaban J connectivity index is 3.18. The van der Waals surface area contributed by atoms with Crippen LogP contribution < -0.4 is 10.6 Å². The normalized spacial score (nSPS) is 11.4. The fourth-order valence-corrected chi connectivity index (χ4v) is 2.09. The van der Waals surface area contributed by atoms with Crippen LogP contribution in [0.15, 0.2) is 18.2 Å². The molecule has 0 unspecified atom stereocenters. The van der Waals surface area contributed by atoms with Gasteiger partial charge in [0, 0.05) is 22.8 Å². The van der Waals surface area contributed by atoms with E-state index in [1.807, 2.05) is 0 Å². The van der Waals surface area contributed by atoms with Gasteiger partial charge in [0.05, 0.1) is 0 Å². The van der Waals surface area contributed by atoms with Crippen molar-refractivity contribution in [2.45, 2.75) is 19.5 Å². The highest BCUT2D eigenvalue weighted by atomic mass is 35.5. The predicted octanol–water partition coefficient (Wildman–Crippen LogP) is 3.75. The van der Waals surface area contributed by atoms with Crippen LogP contribution in [0.4, 0.5) is 18.9 Å². The van der Waals surface area contributed by atoms with E-state index in [0.29, 0.717) is 22.7 Å². The minimum Gasteiger partial charge on any atom is -0.389 e. The maximum atomic E-state index is 12.6. The summed E-state index contributed by atoms with van der Waals surface area (Å²) in [5.41, 5.74) is 6.26. The van der Waals surface area contributed by atoms with Gasteiger partial charge in [0.15, 0.2) is 0 Å². The fourth-order valence-electron chi connectivity index (χ4n) is 1.75. The first-order valence-electron chi connectivity index (χ1n) is 5.65. The molecule has 0 saturated carbocycles. The lowest BCUT2D eigenvalue weighted by Crippen LogP contribution is -2.36. The number of nitrogens with two attached hydrogens (primary N) is 1. The van der Waals surface area contributed by atoms with Crippen molar-refractivity contribution in [2.75, 3.05) is 18.0 Å². The molecule has 0 aliphatic carbocycles. The van der Waals surface area contributed by atoms with Crippen LogP contribution in [-0.4, -0.2) is 24.3 Å². The van der Waals surface area contributed by atoms with Crippen LogP contribution >= 0.6 is 23.8 Å². The van der Waals surface area contributed by atoms with Gasteiger partial charge >= 0.3 is 6.18 Å². The van der Waals surface area contributed by atoms with Gasteiger partial charge in [-0.2, -0.15) is 13.2 Å². The van der Waals surface area contributed by atoms with Crippen molar-refractivity contribution in [3.63, 3.8) is 0 Å². The maximum Gasteiger partial charge on any atom is 0.405 e. The van der Waals surface area contributed by atoms with Crippen LogP contribution in [0.2, 0.25) is 5.02 Å². The topological polar surface area (TPSA) is 29.3 Å². The number of hydrogen-bond acceptors (Lipinski definition) is 2. The van der Waals surface area contributed by atoms with E-state index in [4.69, 9.17) is 29.6 Å². The first-order chi connectivity index (χ1) is 8.74. The Labute approximate surface area is 120 Å². The van der Waals surface area contributed by atoms with Gasteiger partial charge in [0.1, 0.15) is 11.5 Å². The molecule has 0 fully saturated rings. The first-order valence-corrected chi connectivity index (χ1v) is 6.44. The molecule has 0 spiro atoms. The smallest absolute Gasteiger partial charge is 0.389 e. The van der Waals surface area contributed by atoms with Gasteiger partial charge in [-0.15, -0.1) is 0 Å². The molecule has 2 N–H and O–H groups in total. The van der Waals surface area contributed by atoms with E-state index in [1.54, 1.807) is 6.92 Å². The van der Waals surface area contributed by atoms with E-state index in [1.165, 1.54) is 23.1 Å². The Morgan fingerprint density at radius 1 is 1.42 bits per heavy atom. The van der Waals surface area contributed by atoms with E-state index in [0.717, 1.165) is 0 Å². The maximum absolute atomic E-state index is 12.6. The summed E-state index contributed by atoms with van der Waals surface area (Å²) in [6, 6.07) is 4.52. The van der Waals surface area contributed by atoms with Crippen molar-refractivity contribution in [1.29, 1.82) is 0 Å². The molecule has 0 saturated heterocycles. The third-order valence-corrected chi connectivity index (χ3v) is 2.88. The second-order valence-corrected chi connectivity index (χ2v) is 4.94. The Bertz CT molecular complexity index is 463. The summed E-state index contributed by atoms with van der Waals surface area (Å²) in [5, 5.41) is 0.384. The Kier molecular flexibility index (Phi) is 5.43. The van der Waals surface area contributed by atoms with E-state index in [-0.39, 0.29) is 11.5 Å². The molecule has 0 amide bonds. The molecule has 19 heavy (non-hydrogen) atoms. The number of nitrogens with zero attached hydrogens (tertiary/aromatic N) is 1. The van der Waals surface area contributed by atoms with Crippen LogP contribution in [0.1, 0.15) is 18.9 Å². The molecule has 106 valence electrons. The SMILES string of the molecule is CCCN(CC(F)(F)F)c1ccc(Cl)cc1C(N)=S. The van der Waals surface area contributed by atoms with Crippen LogP contribution in [0.3, 0.4) is 0 Å². The zero-order valence-electron chi connectivity index (χ0n) is 10.3. The van der Waals surface area contributed by atoms with Crippen LogP contribution in [0.25, 0.3) is 0 Å². The lowest BCUT2D eigenvalue weighted by atomic mass is 10.1. The molecule has 0 radical (unpaired) electrons. The summed E-state index contributed by atoms with van der Waals surface area (Å²) in [4.78, 5) is 1.24. The third kappa shape index (κ3) is 4.87. The molecule has 1 aromatic rings. The number of alkyl halides is 3. The highest BCUT2D eigenvalue weighted by Gasteiger charge is 2.31. The number of hydrogen-bond donors (Lipinski definition) is 1. The van der Waals surface area contributed by atoms with Gasteiger partial charge in [-0.05, 0) is 24.6 Å². The summed E-state index contributed by atoms with van der Waals surface area (Å²) < 4.78 is 37.8. The minimum absolute atomic E-state index is 0.0285. The van der Waals surface area contributed by atoms with Crippen molar-refractivity contribution >= 4 is 34.5 Å². The largest absolute Gasteiger partial charge is 0.405 e. The summed E-state index contributed by atoms with van der Waals surface area (Å²) in [5.74, 6) is 0. The molecule has 7 heteroatoms. The Hall–Kier alpha value is -1.01. The van der Waals surface area contributed by atoms with Gasteiger partial charge in [0.2, 0.25) is 0 Å². The summed E-state index contributed by atoms with van der Waals surface area (Å²) in [7, 11) is 0. The van der Waals surface area contributed by atoms with E-state index in [2.05, 4.69) is 0 Å². The molecular weight excluding hydrogens is 297 g/mol. The van der Waals surface area contributed by atoms with E-state index in [9.17, 15) is 13.2 Å². The van der Waals surface area contributed by atoms with Gasteiger partial charge in [0.25, 0.3) is 0 Å². The average Bonchev–Trinajstić information content (AvgIpc) is 2.26. The molecule has 0 heterocycles. The minimum atomic E-state index is -4.29. The number of rotatable bonds is 5. The molecule has 2 nitrogen and oxygen atoms in total.